The predicted octanol–water partition coefficient (Wildman–Crippen LogP) is 2.92. The Balaban J connectivity index is 1.95. The number of nitrogens with two attached hydrogens (primary N) is 1. The van der Waals surface area contributed by atoms with E-state index in [0.29, 0.717) is 19.5 Å². The summed E-state index contributed by atoms with van der Waals surface area (Å²) in [4.78, 5) is 14.1. The molecule has 5 heteroatoms. The molecular formula is C16H22N2O3. The first-order chi connectivity index (χ1) is 10.1. The topological polar surface area (TPSA) is 72.6 Å². The minimum Gasteiger partial charge on any atom is -0.467 e. The Bertz CT molecular complexity index is 481. The number of hydrogen-bond donors (Lipinski definition) is 1. The average Bonchev–Trinajstić information content (AvgIpc) is 3.10. The first-order valence-corrected chi connectivity index (χ1v) is 7.23. The van der Waals surface area contributed by atoms with Gasteiger partial charge in [0.1, 0.15) is 11.5 Å². The molecule has 21 heavy (non-hydrogen) atoms. The lowest BCUT2D eigenvalue weighted by atomic mass is 10.1. The van der Waals surface area contributed by atoms with E-state index in [0.717, 1.165) is 24.4 Å². The maximum Gasteiger partial charge on any atom is 0.223 e. The number of amides is 1. The minimum atomic E-state index is 0.0865. The molecule has 2 aromatic rings. The molecule has 0 bridgehead atoms. The number of nitrogens with zero attached hydrogens (tertiary/aromatic N) is 1. The van der Waals surface area contributed by atoms with Crippen molar-refractivity contribution in [3.8, 4) is 0 Å². The third-order valence-electron chi connectivity index (χ3n) is 3.26. The van der Waals surface area contributed by atoms with Crippen LogP contribution in [0.2, 0.25) is 0 Å². The zero-order valence-corrected chi connectivity index (χ0v) is 12.3. The summed E-state index contributed by atoms with van der Waals surface area (Å²) in [5.41, 5.74) is 5.72. The van der Waals surface area contributed by atoms with Gasteiger partial charge in [0.05, 0.1) is 25.6 Å². The molecule has 0 spiro atoms. The third kappa shape index (κ3) is 5.11. The van der Waals surface area contributed by atoms with Crippen LogP contribution in [-0.4, -0.2) is 16.8 Å². The quantitative estimate of drug-likeness (QED) is 0.811. The van der Waals surface area contributed by atoms with Crippen LogP contribution in [0.25, 0.3) is 0 Å². The molecule has 0 saturated heterocycles. The van der Waals surface area contributed by atoms with E-state index in [1.54, 1.807) is 17.4 Å². The van der Waals surface area contributed by atoms with Gasteiger partial charge in [-0.2, -0.15) is 0 Å². The molecule has 2 heterocycles. The molecule has 5 nitrogen and oxygen atoms in total. The molecule has 0 radical (unpaired) electrons. The third-order valence-corrected chi connectivity index (χ3v) is 3.26. The standard InChI is InChI=1S/C16H22N2O3/c1-13(17)5-2-8-16(19)18(11-14-6-3-9-20-14)12-15-7-4-10-21-15/h3-4,6-7,9-10,13H,2,5,8,11-12,17H2,1H3. The van der Waals surface area contributed by atoms with Crippen LogP contribution >= 0.6 is 0 Å². The van der Waals surface area contributed by atoms with E-state index >= 15 is 0 Å². The molecule has 2 N–H and O–H groups in total. The Morgan fingerprint density at radius 1 is 1.19 bits per heavy atom. The van der Waals surface area contributed by atoms with E-state index < -0.39 is 0 Å². The number of hydrogen-bond acceptors (Lipinski definition) is 4. The minimum absolute atomic E-state index is 0.0865. The van der Waals surface area contributed by atoms with Crippen LogP contribution in [0.3, 0.4) is 0 Å². The molecule has 2 rings (SSSR count). The van der Waals surface area contributed by atoms with E-state index in [1.165, 1.54) is 0 Å². The molecule has 114 valence electrons. The number of carbonyl (C=O) groups excluding carboxylic acids is 1. The van der Waals surface area contributed by atoms with Crippen molar-refractivity contribution in [2.45, 2.75) is 45.3 Å². The first kappa shape index (κ1) is 15.4. The smallest absolute Gasteiger partial charge is 0.223 e. The first-order valence-electron chi connectivity index (χ1n) is 7.23. The Morgan fingerprint density at radius 3 is 2.19 bits per heavy atom. The SMILES string of the molecule is CC(N)CCCC(=O)N(Cc1ccco1)Cc1ccco1. The van der Waals surface area contributed by atoms with Crippen LogP contribution in [0.4, 0.5) is 0 Å². The lowest BCUT2D eigenvalue weighted by Gasteiger charge is -2.21. The predicted molar refractivity (Wildman–Crippen MR) is 79.2 cm³/mol. The lowest BCUT2D eigenvalue weighted by Crippen LogP contribution is -2.30. The number of rotatable bonds is 8. The Kier molecular flexibility index (Phi) is 5.63. The second-order valence-corrected chi connectivity index (χ2v) is 5.28. The van der Waals surface area contributed by atoms with Gasteiger partial charge in [-0.1, -0.05) is 0 Å². The Labute approximate surface area is 124 Å². The van der Waals surface area contributed by atoms with Crippen molar-refractivity contribution < 1.29 is 13.6 Å². The van der Waals surface area contributed by atoms with Crippen molar-refractivity contribution in [3.63, 3.8) is 0 Å². The summed E-state index contributed by atoms with van der Waals surface area (Å²) < 4.78 is 10.7. The molecule has 0 aliphatic carbocycles. The van der Waals surface area contributed by atoms with Gasteiger partial charge in [0.15, 0.2) is 0 Å². The molecule has 0 aromatic carbocycles. The Morgan fingerprint density at radius 2 is 1.76 bits per heavy atom. The number of carbonyl (C=O) groups is 1. The van der Waals surface area contributed by atoms with Crippen LogP contribution < -0.4 is 5.73 Å². The van der Waals surface area contributed by atoms with Crippen LogP contribution in [0, 0.1) is 0 Å². The fraction of sp³-hybridized carbons (Fsp3) is 0.438. The molecule has 1 amide bonds. The van der Waals surface area contributed by atoms with Crippen molar-refractivity contribution in [2.75, 3.05) is 0 Å². The fourth-order valence-corrected chi connectivity index (χ4v) is 2.15. The summed E-state index contributed by atoms with van der Waals surface area (Å²) >= 11 is 0. The molecular weight excluding hydrogens is 268 g/mol. The van der Waals surface area contributed by atoms with Crippen LogP contribution in [-0.2, 0) is 17.9 Å². The highest BCUT2D eigenvalue weighted by molar-refractivity contribution is 5.76. The van der Waals surface area contributed by atoms with Crippen LogP contribution in [0.15, 0.2) is 45.6 Å². The largest absolute Gasteiger partial charge is 0.467 e. The van der Waals surface area contributed by atoms with Crippen molar-refractivity contribution in [2.24, 2.45) is 5.73 Å². The van der Waals surface area contributed by atoms with Crippen molar-refractivity contribution in [3.05, 3.63) is 48.3 Å². The average molecular weight is 290 g/mol. The summed E-state index contributed by atoms with van der Waals surface area (Å²) in [5, 5.41) is 0. The highest BCUT2D eigenvalue weighted by atomic mass is 16.3. The van der Waals surface area contributed by atoms with E-state index in [-0.39, 0.29) is 11.9 Å². The highest BCUT2D eigenvalue weighted by Gasteiger charge is 2.17. The highest BCUT2D eigenvalue weighted by Crippen LogP contribution is 2.13. The van der Waals surface area contributed by atoms with Gasteiger partial charge in [-0.05, 0) is 44.0 Å². The van der Waals surface area contributed by atoms with Crippen molar-refractivity contribution >= 4 is 5.91 Å². The second kappa shape index (κ2) is 7.69. The molecule has 2 aromatic heterocycles. The van der Waals surface area contributed by atoms with Gasteiger partial charge in [0, 0.05) is 12.5 Å². The van der Waals surface area contributed by atoms with Crippen molar-refractivity contribution in [1.82, 2.24) is 4.90 Å². The summed E-state index contributed by atoms with van der Waals surface area (Å²) in [7, 11) is 0. The van der Waals surface area contributed by atoms with Gasteiger partial charge in [0.2, 0.25) is 5.91 Å². The van der Waals surface area contributed by atoms with Gasteiger partial charge in [0.25, 0.3) is 0 Å². The molecule has 1 atom stereocenters. The molecule has 0 aliphatic heterocycles. The molecule has 0 fully saturated rings. The van der Waals surface area contributed by atoms with E-state index in [4.69, 9.17) is 14.6 Å². The molecule has 1 unspecified atom stereocenters. The van der Waals surface area contributed by atoms with E-state index in [1.807, 2.05) is 31.2 Å². The van der Waals surface area contributed by atoms with Crippen molar-refractivity contribution in [1.29, 1.82) is 0 Å². The molecule has 0 aliphatic rings. The summed E-state index contributed by atoms with van der Waals surface area (Å²) in [6, 6.07) is 7.50. The summed E-state index contributed by atoms with van der Waals surface area (Å²) in [6.45, 7) is 2.85. The van der Waals surface area contributed by atoms with Crippen LogP contribution in [0.1, 0.15) is 37.7 Å². The second-order valence-electron chi connectivity index (χ2n) is 5.28. The van der Waals surface area contributed by atoms with Gasteiger partial charge >= 0.3 is 0 Å². The zero-order chi connectivity index (χ0) is 15.1. The number of furan rings is 2. The maximum absolute atomic E-state index is 12.4. The lowest BCUT2D eigenvalue weighted by molar-refractivity contribution is -0.133. The van der Waals surface area contributed by atoms with Gasteiger partial charge < -0.3 is 19.5 Å². The summed E-state index contributed by atoms with van der Waals surface area (Å²) in [5.74, 6) is 1.62. The van der Waals surface area contributed by atoms with Gasteiger partial charge in [-0.25, -0.2) is 0 Å². The normalized spacial score (nSPS) is 12.3. The Hall–Kier alpha value is -2.01. The maximum atomic E-state index is 12.4. The monoisotopic (exact) mass is 290 g/mol. The van der Waals surface area contributed by atoms with Gasteiger partial charge in [-0.3, -0.25) is 4.79 Å². The zero-order valence-electron chi connectivity index (χ0n) is 12.3. The fourth-order valence-electron chi connectivity index (χ4n) is 2.15. The van der Waals surface area contributed by atoms with E-state index in [2.05, 4.69) is 0 Å². The van der Waals surface area contributed by atoms with E-state index in [9.17, 15) is 4.79 Å². The summed E-state index contributed by atoms with van der Waals surface area (Å²) in [6.07, 6.45) is 5.36. The van der Waals surface area contributed by atoms with Crippen LogP contribution in [0.5, 0.6) is 0 Å². The van der Waals surface area contributed by atoms with Gasteiger partial charge in [-0.15, -0.1) is 0 Å². The molecule has 0 saturated carbocycles.